The van der Waals surface area contributed by atoms with Gasteiger partial charge in [-0.1, -0.05) is 38.1 Å². The van der Waals surface area contributed by atoms with E-state index in [-0.39, 0.29) is 16.0 Å². The summed E-state index contributed by atoms with van der Waals surface area (Å²) in [7, 11) is -3.79. The second-order valence-corrected chi connectivity index (χ2v) is 11.0. The first kappa shape index (κ1) is 24.7. The molecule has 1 atom stereocenters. The third-order valence-corrected chi connectivity index (χ3v) is 8.16. The number of nitrogens with zero attached hydrogens (tertiary/aromatic N) is 2. The molecular formula is C21H26F3N3O3S2. The number of rotatable bonds is 7. The molecule has 1 aromatic carbocycles. The number of amides is 1. The van der Waals surface area contributed by atoms with Crippen molar-refractivity contribution in [1.82, 2.24) is 14.5 Å². The van der Waals surface area contributed by atoms with Gasteiger partial charge in [0.15, 0.2) is 0 Å². The van der Waals surface area contributed by atoms with Gasteiger partial charge in [0.25, 0.3) is 10.0 Å². The van der Waals surface area contributed by atoms with Gasteiger partial charge in [-0.3, -0.25) is 9.69 Å². The van der Waals surface area contributed by atoms with Gasteiger partial charge in [-0.05, 0) is 29.0 Å². The fourth-order valence-electron chi connectivity index (χ4n) is 3.54. The van der Waals surface area contributed by atoms with Gasteiger partial charge in [-0.2, -0.15) is 17.9 Å². The SMILES string of the molecule is CC(C)[C@H](NS(=O)(=O)c1cccs1)C(=O)N1CCN(Cc2cccc(C(F)(F)F)c2)CC1. The van der Waals surface area contributed by atoms with Crippen LogP contribution in [-0.2, 0) is 27.5 Å². The number of benzene rings is 1. The monoisotopic (exact) mass is 489 g/mol. The largest absolute Gasteiger partial charge is 0.416 e. The van der Waals surface area contributed by atoms with Crippen LogP contribution in [0.2, 0.25) is 0 Å². The second-order valence-electron chi connectivity index (χ2n) is 8.07. The summed E-state index contributed by atoms with van der Waals surface area (Å²) in [6.45, 7) is 5.65. The summed E-state index contributed by atoms with van der Waals surface area (Å²) >= 11 is 1.08. The van der Waals surface area contributed by atoms with Crippen LogP contribution in [0.1, 0.15) is 25.0 Å². The zero-order chi connectivity index (χ0) is 23.5. The summed E-state index contributed by atoms with van der Waals surface area (Å²) in [6, 6.07) is 7.47. The molecule has 1 fully saturated rings. The van der Waals surface area contributed by atoms with Gasteiger partial charge < -0.3 is 4.90 Å². The Morgan fingerprint density at radius 3 is 2.38 bits per heavy atom. The molecule has 11 heteroatoms. The zero-order valence-electron chi connectivity index (χ0n) is 17.8. The molecule has 1 saturated heterocycles. The maximum Gasteiger partial charge on any atom is 0.416 e. The first-order valence-corrected chi connectivity index (χ1v) is 12.6. The highest BCUT2D eigenvalue weighted by Gasteiger charge is 2.34. The normalized spacial score (nSPS) is 17.0. The van der Waals surface area contributed by atoms with Crippen LogP contribution in [0, 0.1) is 5.92 Å². The molecule has 0 bridgehead atoms. The molecule has 1 N–H and O–H groups in total. The lowest BCUT2D eigenvalue weighted by atomic mass is 10.0. The van der Waals surface area contributed by atoms with Crippen molar-refractivity contribution in [2.24, 2.45) is 5.92 Å². The summed E-state index contributed by atoms with van der Waals surface area (Å²) in [4.78, 5) is 16.7. The second kappa shape index (κ2) is 9.90. The predicted molar refractivity (Wildman–Crippen MR) is 117 cm³/mol. The Kier molecular flexibility index (Phi) is 7.64. The zero-order valence-corrected chi connectivity index (χ0v) is 19.4. The lowest BCUT2D eigenvalue weighted by Crippen LogP contribution is -2.56. The number of piperazine rings is 1. The van der Waals surface area contributed by atoms with Crippen LogP contribution in [0.5, 0.6) is 0 Å². The van der Waals surface area contributed by atoms with Crippen LogP contribution in [0.3, 0.4) is 0 Å². The number of hydrogen-bond acceptors (Lipinski definition) is 5. The maximum atomic E-state index is 13.1. The highest BCUT2D eigenvalue weighted by Crippen LogP contribution is 2.30. The van der Waals surface area contributed by atoms with E-state index in [0.29, 0.717) is 38.3 Å². The smallest absolute Gasteiger partial charge is 0.339 e. The molecule has 1 aliphatic rings. The lowest BCUT2D eigenvalue weighted by Gasteiger charge is -2.37. The van der Waals surface area contributed by atoms with Gasteiger partial charge in [0.1, 0.15) is 10.3 Å². The Morgan fingerprint density at radius 1 is 1.12 bits per heavy atom. The van der Waals surface area contributed by atoms with Crippen LogP contribution in [-0.4, -0.2) is 56.3 Å². The van der Waals surface area contributed by atoms with Gasteiger partial charge in [0.2, 0.25) is 5.91 Å². The Balaban J connectivity index is 1.60. The fraction of sp³-hybridized carbons (Fsp3) is 0.476. The van der Waals surface area contributed by atoms with Crippen LogP contribution < -0.4 is 4.72 Å². The van der Waals surface area contributed by atoms with E-state index in [4.69, 9.17) is 0 Å². The van der Waals surface area contributed by atoms with Gasteiger partial charge >= 0.3 is 6.18 Å². The van der Waals surface area contributed by atoms with Gasteiger partial charge in [0, 0.05) is 32.7 Å². The molecule has 1 amide bonds. The van der Waals surface area contributed by atoms with Crippen molar-refractivity contribution in [3.05, 3.63) is 52.9 Å². The van der Waals surface area contributed by atoms with Crippen molar-refractivity contribution in [2.45, 2.75) is 36.8 Å². The minimum Gasteiger partial charge on any atom is -0.339 e. The number of sulfonamides is 1. The Labute approximate surface area is 190 Å². The standard InChI is InChI=1S/C21H26F3N3O3S2/c1-15(2)19(25-32(29,30)18-7-4-12-31-18)20(28)27-10-8-26(9-11-27)14-16-5-3-6-17(13-16)21(22,23)24/h3-7,12-13,15,19,25H,8-11,14H2,1-2H3/t19-/m0/s1. The molecule has 1 aliphatic heterocycles. The van der Waals surface area contributed by atoms with Crippen molar-refractivity contribution in [3.63, 3.8) is 0 Å². The average Bonchev–Trinajstić information content (AvgIpc) is 3.28. The Bertz CT molecular complexity index is 1020. The van der Waals surface area contributed by atoms with E-state index in [1.165, 1.54) is 12.1 Å². The summed E-state index contributed by atoms with van der Waals surface area (Å²) in [5.74, 6) is -0.542. The van der Waals surface area contributed by atoms with E-state index in [9.17, 15) is 26.4 Å². The number of thiophene rings is 1. The molecule has 2 heterocycles. The molecular weight excluding hydrogens is 463 g/mol. The van der Waals surface area contributed by atoms with Crippen LogP contribution in [0.25, 0.3) is 0 Å². The highest BCUT2D eigenvalue weighted by atomic mass is 32.2. The number of carbonyl (C=O) groups excluding carboxylic acids is 1. The number of halogens is 3. The van der Waals surface area contributed by atoms with Crippen LogP contribution in [0.15, 0.2) is 46.0 Å². The summed E-state index contributed by atoms with van der Waals surface area (Å²) in [6.07, 6.45) is -4.39. The van der Waals surface area contributed by atoms with Gasteiger partial charge in [-0.25, -0.2) is 8.42 Å². The molecule has 0 unspecified atom stereocenters. The molecule has 176 valence electrons. The molecule has 3 rings (SSSR count). The van der Waals surface area contributed by atoms with E-state index >= 15 is 0 Å². The summed E-state index contributed by atoms with van der Waals surface area (Å²) in [5.41, 5.74) is -0.120. The van der Waals surface area contributed by atoms with Crippen LogP contribution in [0.4, 0.5) is 13.2 Å². The molecule has 0 aliphatic carbocycles. The van der Waals surface area contributed by atoms with Crippen molar-refractivity contribution in [3.8, 4) is 0 Å². The molecule has 2 aromatic rings. The topological polar surface area (TPSA) is 69.7 Å². The minimum atomic E-state index is -4.39. The van der Waals surface area contributed by atoms with Crippen LogP contribution >= 0.6 is 11.3 Å². The van der Waals surface area contributed by atoms with E-state index in [1.54, 1.807) is 36.3 Å². The Morgan fingerprint density at radius 2 is 1.81 bits per heavy atom. The first-order valence-electron chi connectivity index (χ1n) is 10.2. The van der Waals surface area contributed by atoms with Crippen molar-refractivity contribution in [1.29, 1.82) is 0 Å². The number of nitrogens with one attached hydrogen (secondary N) is 1. The van der Waals surface area contributed by atoms with E-state index in [0.717, 1.165) is 23.5 Å². The summed E-state index contributed by atoms with van der Waals surface area (Å²) in [5, 5.41) is 1.66. The van der Waals surface area contributed by atoms with Crippen molar-refractivity contribution >= 4 is 27.3 Å². The van der Waals surface area contributed by atoms with Crippen molar-refractivity contribution in [2.75, 3.05) is 26.2 Å². The fourth-order valence-corrected chi connectivity index (χ4v) is 5.89. The lowest BCUT2D eigenvalue weighted by molar-refractivity contribution is -0.138. The van der Waals surface area contributed by atoms with E-state index < -0.39 is 27.8 Å². The van der Waals surface area contributed by atoms with Gasteiger partial charge in [-0.15, -0.1) is 11.3 Å². The van der Waals surface area contributed by atoms with Crippen molar-refractivity contribution < 1.29 is 26.4 Å². The minimum absolute atomic E-state index is 0.154. The van der Waals surface area contributed by atoms with E-state index in [1.807, 2.05) is 4.90 Å². The Hall–Kier alpha value is -1.95. The number of hydrogen-bond donors (Lipinski definition) is 1. The molecule has 0 radical (unpaired) electrons. The average molecular weight is 490 g/mol. The maximum absolute atomic E-state index is 13.1. The number of carbonyl (C=O) groups is 1. The molecule has 0 saturated carbocycles. The molecule has 32 heavy (non-hydrogen) atoms. The molecule has 0 spiro atoms. The molecule has 1 aromatic heterocycles. The number of alkyl halides is 3. The van der Waals surface area contributed by atoms with Gasteiger partial charge in [0.05, 0.1) is 5.56 Å². The highest BCUT2D eigenvalue weighted by molar-refractivity contribution is 7.91. The molecule has 6 nitrogen and oxygen atoms in total. The summed E-state index contributed by atoms with van der Waals surface area (Å²) < 4.78 is 66.7. The quantitative estimate of drug-likeness (QED) is 0.647. The third-order valence-electron chi connectivity index (χ3n) is 5.32. The third kappa shape index (κ3) is 6.09. The first-order chi connectivity index (χ1) is 15.0. The predicted octanol–water partition coefficient (Wildman–Crippen LogP) is 3.41. The van der Waals surface area contributed by atoms with E-state index in [2.05, 4.69) is 4.72 Å².